The van der Waals surface area contributed by atoms with Gasteiger partial charge < -0.3 is 11.1 Å². The molecule has 1 fully saturated rings. The standard InChI is InChI=1S/C13H19BrN2O2S/c1-10-5-11(14)7-12(6-10)16-13(8-15)3-2-4-19(17,18)9-13/h5-7,16H,2-4,8-9,15H2,1H3. The molecule has 0 spiro atoms. The molecule has 1 unspecified atom stereocenters. The van der Waals surface area contributed by atoms with Gasteiger partial charge in [-0.05, 0) is 43.5 Å². The predicted octanol–water partition coefficient (Wildman–Crippen LogP) is 2.08. The lowest BCUT2D eigenvalue weighted by Crippen LogP contribution is -2.53. The number of halogens is 1. The van der Waals surface area contributed by atoms with Crippen molar-refractivity contribution in [2.75, 3.05) is 23.4 Å². The number of hydrogen-bond acceptors (Lipinski definition) is 4. The molecule has 1 aliphatic rings. The van der Waals surface area contributed by atoms with Gasteiger partial charge in [0.2, 0.25) is 0 Å². The van der Waals surface area contributed by atoms with Gasteiger partial charge in [-0.25, -0.2) is 8.42 Å². The van der Waals surface area contributed by atoms with Crippen molar-refractivity contribution in [1.29, 1.82) is 0 Å². The Labute approximate surface area is 122 Å². The van der Waals surface area contributed by atoms with Gasteiger partial charge in [0, 0.05) is 16.7 Å². The molecule has 2 rings (SSSR count). The third kappa shape index (κ3) is 3.70. The van der Waals surface area contributed by atoms with Crippen LogP contribution in [0.5, 0.6) is 0 Å². The predicted molar refractivity (Wildman–Crippen MR) is 82.2 cm³/mol. The van der Waals surface area contributed by atoms with Gasteiger partial charge in [0.05, 0.1) is 17.0 Å². The van der Waals surface area contributed by atoms with Crippen molar-refractivity contribution >= 4 is 31.5 Å². The number of sulfone groups is 1. The molecular weight excluding hydrogens is 328 g/mol. The zero-order valence-corrected chi connectivity index (χ0v) is 13.4. The summed E-state index contributed by atoms with van der Waals surface area (Å²) in [7, 11) is -3.00. The Morgan fingerprint density at radius 2 is 2.16 bits per heavy atom. The first-order chi connectivity index (χ1) is 8.84. The molecule has 0 bridgehead atoms. The summed E-state index contributed by atoms with van der Waals surface area (Å²) in [6, 6.07) is 5.97. The average molecular weight is 347 g/mol. The zero-order chi connectivity index (χ0) is 14.1. The minimum atomic E-state index is -3.00. The van der Waals surface area contributed by atoms with Gasteiger partial charge in [-0.15, -0.1) is 0 Å². The molecule has 6 heteroatoms. The van der Waals surface area contributed by atoms with Crippen LogP contribution in [0.25, 0.3) is 0 Å². The molecule has 0 radical (unpaired) electrons. The van der Waals surface area contributed by atoms with Crippen LogP contribution < -0.4 is 11.1 Å². The van der Waals surface area contributed by atoms with Gasteiger partial charge >= 0.3 is 0 Å². The average Bonchev–Trinajstić information content (AvgIpc) is 2.26. The molecule has 1 atom stereocenters. The van der Waals surface area contributed by atoms with Crippen LogP contribution in [-0.2, 0) is 9.84 Å². The van der Waals surface area contributed by atoms with E-state index in [9.17, 15) is 8.42 Å². The van der Waals surface area contributed by atoms with Crippen molar-refractivity contribution in [2.45, 2.75) is 25.3 Å². The number of nitrogens with one attached hydrogen (secondary N) is 1. The third-order valence-corrected chi connectivity index (χ3v) is 5.81. The zero-order valence-electron chi connectivity index (χ0n) is 10.9. The van der Waals surface area contributed by atoms with Gasteiger partial charge in [0.1, 0.15) is 0 Å². The summed E-state index contributed by atoms with van der Waals surface area (Å²) in [5.74, 6) is 0.385. The highest BCUT2D eigenvalue weighted by atomic mass is 79.9. The van der Waals surface area contributed by atoms with E-state index in [1.54, 1.807) is 0 Å². The quantitative estimate of drug-likeness (QED) is 0.878. The number of aryl methyl sites for hydroxylation is 1. The molecule has 1 heterocycles. The summed E-state index contributed by atoms with van der Waals surface area (Å²) in [6.07, 6.45) is 1.45. The van der Waals surface area contributed by atoms with Crippen molar-refractivity contribution < 1.29 is 8.42 Å². The molecule has 1 aromatic rings. The van der Waals surface area contributed by atoms with Crippen molar-refractivity contribution in [3.05, 3.63) is 28.2 Å². The van der Waals surface area contributed by atoms with Crippen LogP contribution in [0.4, 0.5) is 5.69 Å². The van der Waals surface area contributed by atoms with E-state index in [2.05, 4.69) is 21.2 Å². The maximum atomic E-state index is 11.8. The maximum absolute atomic E-state index is 11.8. The van der Waals surface area contributed by atoms with E-state index in [4.69, 9.17) is 5.73 Å². The van der Waals surface area contributed by atoms with Crippen LogP contribution in [0.15, 0.2) is 22.7 Å². The molecule has 1 aliphatic heterocycles. The lowest BCUT2D eigenvalue weighted by Gasteiger charge is -2.37. The Bertz CT molecular complexity index is 554. The first-order valence-corrected chi connectivity index (χ1v) is 8.91. The Kier molecular flexibility index (Phi) is 4.23. The molecule has 3 N–H and O–H groups in total. The van der Waals surface area contributed by atoms with E-state index in [0.29, 0.717) is 13.0 Å². The second-order valence-electron chi connectivity index (χ2n) is 5.32. The van der Waals surface area contributed by atoms with Crippen molar-refractivity contribution in [3.8, 4) is 0 Å². The first kappa shape index (κ1) is 14.8. The smallest absolute Gasteiger partial charge is 0.152 e. The molecule has 19 heavy (non-hydrogen) atoms. The van der Waals surface area contributed by atoms with E-state index >= 15 is 0 Å². The summed E-state index contributed by atoms with van der Waals surface area (Å²) >= 11 is 3.45. The number of anilines is 1. The van der Waals surface area contributed by atoms with Gasteiger partial charge in [-0.2, -0.15) is 0 Å². The summed E-state index contributed by atoms with van der Waals surface area (Å²) in [4.78, 5) is 0. The molecule has 1 aromatic carbocycles. The van der Waals surface area contributed by atoms with E-state index in [1.807, 2.05) is 25.1 Å². The van der Waals surface area contributed by atoms with Gasteiger partial charge in [0.25, 0.3) is 0 Å². The van der Waals surface area contributed by atoms with Gasteiger partial charge in [-0.3, -0.25) is 0 Å². The Morgan fingerprint density at radius 1 is 1.42 bits per heavy atom. The van der Waals surface area contributed by atoms with Gasteiger partial charge in [0.15, 0.2) is 9.84 Å². The fraction of sp³-hybridized carbons (Fsp3) is 0.538. The Morgan fingerprint density at radius 3 is 2.74 bits per heavy atom. The molecule has 106 valence electrons. The summed E-state index contributed by atoms with van der Waals surface area (Å²) in [5.41, 5.74) is 7.33. The molecular formula is C13H19BrN2O2S. The topological polar surface area (TPSA) is 72.2 Å². The summed E-state index contributed by atoms with van der Waals surface area (Å²) < 4.78 is 24.7. The van der Waals surface area contributed by atoms with E-state index in [1.165, 1.54) is 0 Å². The molecule has 0 aliphatic carbocycles. The van der Waals surface area contributed by atoms with Crippen LogP contribution in [0, 0.1) is 6.92 Å². The molecule has 4 nitrogen and oxygen atoms in total. The summed E-state index contributed by atoms with van der Waals surface area (Å²) in [6.45, 7) is 2.32. The highest BCUT2D eigenvalue weighted by Gasteiger charge is 2.37. The van der Waals surface area contributed by atoms with Gasteiger partial charge in [-0.1, -0.05) is 15.9 Å². The van der Waals surface area contributed by atoms with Crippen LogP contribution >= 0.6 is 15.9 Å². The highest BCUT2D eigenvalue weighted by Crippen LogP contribution is 2.28. The fourth-order valence-electron chi connectivity index (χ4n) is 2.62. The van der Waals surface area contributed by atoms with Crippen LogP contribution in [0.1, 0.15) is 18.4 Å². The lowest BCUT2D eigenvalue weighted by molar-refractivity contribution is 0.450. The molecule has 0 amide bonds. The monoisotopic (exact) mass is 346 g/mol. The molecule has 0 saturated carbocycles. The first-order valence-electron chi connectivity index (χ1n) is 6.30. The van der Waals surface area contributed by atoms with Crippen molar-refractivity contribution in [2.24, 2.45) is 5.73 Å². The number of benzene rings is 1. The normalized spacial score (nSPS) is 26.1. The van der Waals surface area contributed by atoms with Crippen molar-refractivity contribution in [3.63, 3.8) is 0 Å². The number of rotatable bonds is 3. The van der Waals surface area contributed by atoms with Crippen LogP contribution in [-0.4, -0.2) is 32.0 Å². The second-order valence-corrected chi connectivity index (χ2v) is 8.42. The lowest BCUT2D eigenvalue weighted by atomic mass is 9.95. The number of nitrogens with two attached hydrogens (primary N) is 1. The van der Waals surface area contributed by atoms with Crippen molar-refractivity contribution in [1.82, 2.24) is 0 Å². The largest absolute Gasteiger partial charge is 0.377 e. The SMILES string of the molecule is Cc1cc(Br)cc(NC2(CN)CCCS(=O)(=O)C2)c1. The number of hydrogen-bond donors (Lipinski definition) is 2. The molecule has 0 aromatic heterocycles. The highest BCUT2D eigenvalue weighted by molar-refractivity contribution is 9.10. The second kappa shape index (κ2) is 5.42. The fourth-order valence-corrected chi connectivity index (χ4v) is 5.13. The van der Waals surface area contributed by atoms with E-state index in [0.717, 1.165) is 22.1 Å². The Hall–Kier alpha value is -0.590. The van der Waals surface area contributed by atoms with Crippen LogP contribution in [0.2, 0.25) is 0 Å². The molecule has 1 saturated heterocycles. The third-order valence-electron chi connectivity index (χ3n) is 3.45. The summed E-state index contributed by atoms with van der Waals surface area (Å²) in [5, 5.41) is 3.35. The Balaban J connectivity index is 2.27. The van der Waals surface area contributed by atoms with Crippen LogP contribution in [0.3, 0.4) is 0 Å². The van der Waals surface area contributed by atoms with E-state index in [-0.39, 0.29) is 11.5 Å². The minimum absolute atomic E-state index is 0.113. The van der Waals surface area contributed by atoms with E-state index < -0.39 is 15.4 Å². The maximum Gasteiger partial charge on any atom is 0.152 e. The minimum Gasteiger partial charge on any atom is -0.377 e.